The van der Waals surface area contributed by atoms with E-state index in [2.05, 4.69) is 0 Å². The van der Waals surface area contributed by atoms with Gasteiger partial charge < -0.3 is 4.74 Å². The third-order valence-electron chi connectivity index (χ3n) is 3.64. The molecule has 0 N–H and O–H groups in total. The summed E-state index contributed by atoms with van der Waals surface area (Å²) in [5.41, 5.74) is 1.64. The molecule has 0 spiro atoms. The van der Waals surface area contributed by atoms with Gasteiger partial charge in [-0.2, -0.15) is 0 Å². The second kappa shape index (κ2) is 4.82. The third-order valence-corrected chi connectivity index (χ3v) is 3.89. The Balaban J connectivity index is 2.05. The van der Waals surface area contributed by atoms with Gasteiger partial charge in [-0.1, -0.05) is 23.7 Å². The van der Waals surface area contributed by atoms with Crippen molar-refractivity contribution in [3.63, 3.8) is 0 Å². The highest BCUT2D eigenvalue weighted by molar-refractivity contribution is 6.30. The molecule has 1 aromatic carbocycles. The first-order valence-corrected chi connectivity index (χ1v) is 6.75. The molecule has 0 bridgehead atoms. The van der Waals surface area contributed by atoms with E-state index in [9.17, 15) is 9.59 Å². The van der Waals surface area contributed by atoms with Crippen LogP contribution in [0.5, 0.6) is 0 Å². The summed E-state index contributed by atoms with van der Waals surface area (Å²) in [6, 6.07) is 7.31. The highest BCUT2D eigenvalue weighted by Crippen LogP contribution is 2.40. The van der Waals surface area contributed by atoms with Crippen molar-refractivity contribution in [2.75, 3.05) is 0 Å². The second-order valence-electron chi connectivity index (χ2n) is 4.90. The predicted molar refractivity (Wildman–Crippen MR) is 70.8 cm³/mol. The lowest BCUT2D eigenvalue weighted by Crippen LogP contribution is -2.27. The molecule has 98 valence electrons. The van der Waals surface area contributed by atoms with Gasteiger partial charge in [-0.05, 0) is 24.1 Å². The first-order valence-electron chi connectivity index (χ1n) is 6.37. The monoisotopic (exact) mass is 276 g/mol. The fraction of sp³-hybridized carbons (Fsp3) is 0.333. The summed E-state index contributed by atoms with van der Waals surface area (Å²) in [4.78, 5) is 23.8. The summed E-state index contributed by atoms with van der Waals surface area (Å²) < 4.78 is 5.23. The van der Waals surface area contributed by atoms with Crippen molar-refractivity contribution >= 4 is 23.4 Å². The number of hydrogen-bond acceptors (Lipinski definition) is 3. The van der Waals surface area contributed by atoms with Crippen LogP contribution in [0, 0.1) is 0 Å². The molecule has 1 aromatic rings. The van der Waals surface area contributed by atoms with Crippen LogP contribution < -0.4 is 0 Å². The summed E-state index contributed by atoms with van der Waals surface area (Å²) >= 11 is 5.87. The van der Waals surface area contributed by atoms with Crippen molar-refractivity contribution in [2.45, 2.75) is 31.6 Å². The van der Waals surface area contributed by atoms with E-state index in [0.717, 1.165) is 12.0 Å². The molecular formula is C15H13ClO3. The number of allylic oxidation sites excluding steroid dienone is 2. The number of benzene rings is 1. The lowest BCUT2D eigenvalue weighted by Gasteiger charge is -2.29. The molecule has 3 nitrogen and oxygen atoms in total. The maximum absolute atomic E-state index is 12.1. The largest absolute Gasteiger partial charge is 0.431 e. The Hall–Kier alpha value is -1.61. The fourth-order valence-corrected chi connectivity index (χ4v) is 2.88. The molecule has 1 atom stereocenters. The SMILES string of the molecule is O=C1CC(c2ccc(Cl)cc2)C2=C(CCCC2=O)O1. The van der Waals surface area contributed by atoms with Crippen LogP contribution in [0.1, 0.15) is 37.2 Å². The number of Topliss-reactive ketones (excluding diaryl/α,β-unsaturated/α-hetero) is 1. The van der Waals surface area contributed by atoms with Crippen LogP contribution in [0.4, 0.5) is 0 Å². The average Bonchev–Trinajstić information content (AvgIpc) is 2.38. The third kappa shape index (κ3) is 2.30. The highest BCUT2D eigenvalue weighted by Gasteiger charge is 2.36. The zero-order valence-corrected chi connectivity index (χ0v) is 11.1. The number of carbonyl (C=O) groups excluding carboxylic acids is 2. The molecule has 0 amide bonds. The number of ketones is 1. The van der Waals surface area contributed by atoms with Gasteiger partial charge in [0.1, 0.15) is 5.76 Å². The number of ether oxygens (including phenoxy) is 1. The molecule has 2 aliphatic rings. The zero-order valence-electron chi connectivity index (χ0n) is 10.3. The molecule has 0 saturated heterocycles. The Morgan fingerprint density at radius 2 is 1.84 bits per heavy atom. The Morgan fingerprint density at radius 3 is 2.58 bits per heavy atom. The van der Waals surface area contributed by atoms with Gasteiger partial charge in [0, 0.05) is 29.4 Å². The standard InChI is InChI=1S/C15H13ClO3/c16-10-6-4-9(5-7-10)11-8-14(18)19-13-3-1-2-12(17)15(11)13/h4-7,11H,1-3,8H2. The second-order valence-corrected chi connectivity index (χ2v) is 5.33. The van der Waals surface area contributed by atoms with Gasteiger partial charge >= 0.3 is 5.97 Å². The van der Waals surface area contributed by atoms with Crippen LogP contribution in [0.3, 0.4) is 0 Å². The minimum Gasteiger partial charge on any atom is -0.431 e. The summed E-state index contributed by atoms with van der Waals surface area (Å²) in [7, 11) is 0. The molecule has 1 aliphatic heterocycles. The molecular weight excluding hydrogens is 264 g/mol. The van der Waals surface area contributed by atoms with Crippen molar-refractivity contribution in [3.8, 4) is 0 Å². The number of rotatable bonds is 1. The fourth-order valence-electron chi connectivity index (χ4n) is 2.76. The molecule has 1 unspecified atom stereocenters. The molecule has 1 heterocycles. The number of halogens is 1. The number of carbonyl (C=O) groups is 2. The molecule has 0 radical (unpaired) electrons. The molecule has 1 aliphatic carbocycles. The van der Waals surface area contributed by atoms with Gasteiger partial charge in [0.05, 0.1) is 6.42 Å². The molecule has 3 rings (SSSR count). The van der Waals surface area contributed by atoms with Crippen LogP contribution in [-0.2, 0) is 14.3 Å². The van der Waals surface area contributed by atoms with Crippen molar-refractivity contribution in [3.05, 3.63) is 46.2 Å². The summed E-state index contributed by atoms with van der Waals surface area (Å²) in [5.74, 6) is 0.246. The summed E-state index contributed by atoms with van der Waals surface area (Å²) in [5, 5.41) is 0.645. The molecule has 19 heavy (non-hydrogen) atoms. The summed E-state index contributed by atoms with van der Waals surface area (Å²) in [6.07, 6.45) is 2.21. The lowest BCUT2D eigenvalue weighted by atomic mass is 9.79. The van der Waals surface area contributed by atoms with E-state index in [4.69, 9.17) is 16.3 Å². The van der Waals surface area contributed by atoms with Crippen molar-refractivity contribution in [2.24, 2.45) is 0 Å². The van der Waals surface area contributed by atoms with Crippen molar-refractivity contribution < 1.29 is 14.3 Å². The lowest BCUT2D eigenvalue weighted by molar-refractivity contribution is -0.142. The quantitative estimate of drug-likeness (QED) is 0.739. The number of hydrogen-bond donors (Lipinski definition) is 0. The first kappa shape index (κ1) is 12.4. The van der Waals surface area contributed by atoms with Crippen molar-refractivity contribution in [1.82, 2.24) is 0 Å². The van der Waals surface area contributed by atoms with E-state index in [-0.39, 0.29) is 24.1 Å². The highest BCUT2D eigenvalue weighted by atomic mass is 35.5. The molecule has 0 fully saturated rings. The maximum atomic E-state index is 12.1. The van der Waals surface area contributed by atoms with Crippen LogP contribution in [-0.4, -0.2) is 11.8 Å². The number of esters is 1. The van der Waals surface area contributed by atoms with Gasteiger partial charge in [0.15, 0.2) is 5.78 Å². The van der Waals surface area contributed by atoms with E-state index in [1.165, 1.54) is 0 Å². The maximum Gasteiger partial charge on any atom is 0.311 e. The van der Waals surface area contributed by atoms with Gasteiger partial charge in [0.25, 0.3) is 0 Å². The Labute approximate surface area is 116 Å². The van der Waals surface area contributed by atoms with Gasteiger partial charge in [0.2, 0.25) is 0 Å². The van der Waals surface area contributed by atoms with E-state index in [1.54, 1.807) is 12.1 Å². The van der Waals surface area contributed by atoms with Gasteiger partial charge in [-0.3, -0.25) is 9.59 Å². The van der Waals surface area contributed by atoms with Gasteiger partial charge in [-0.25, -0.2) is 0 Å². The first-order chi connectivity index (χ1) is 9.15. The summed E-state index contributed by atoms with van der Waals surface area (Å²) in [6.45, 7) is 0. The van der Waals surface area contributed by atoms with Crippen LogP contribution >= 0.6 is 11.6 Å². The molecule has 0 aromatic heterocycles. The zero-order chi connectivity index (χ0) is 13.4. The Bertz CT molecular complexity index is 572. The normalized spacial score (nSPS) is 23.1. The van der Waals surface area contributed by atoms with Crippen LogP contribution in [0.2, 0.25) is 5.02 Å². The van der Waals surface area contributed by atoms with Crippen LogP contribution in [0.15, 0.2) is 35.6 Å². The minimum atomic E-state index is -0.256. The van der Waals surface area contributed by atoms with E-state index < -0.39 is 0 Å². The smallest absolute Gasteiger partial charge is 0.311 e. The molecule has 0 saturated carbocycles. The van der Waals surface area contributed by atoms with E-state index in [1.807, 2.05) is 12.1 Å². The topological polar surface area (TPSA) is 43.4 Å². The van der Waals surface area contributed by atoms with Crippen LogP contribution in [0.25, 0.3) is 0 Å². The minimum absolute atomic E-state index is 0.105. The average molecular weight is 277 g/mol. The molecule has 4 heteroatoms. The van der Waals surface area contributed by atoms with Gasteiger partial charge in [-0.15, -0.1) is 0 Å². The predicted octanol–water partition coefficient (Wildman–Crippen LogP) is 3.38. The Morgan fingerprint density at radius 1 is 1.11 bits per heavy atom. The van der Waals surface area contributed by atoms with Crippen molar-refractivity contribution in [1.29, 1.82) is 0 Å². The van der Waals surface area contributed by atoms with E-state index in [0.29, 0.717) is 29.2 Å². The Kier molecular flexibility index (Phi) is 3.15. The van der Waals surface area contributed by atoms with E-state index >= 15 is 0 Å².